The predicted octanol–water partition coefficient (Wildman–Crippen LogP) is 0.856. The second-order valence-corrected chi connectivity index (χ2v) is 7.39. The summed E-state index contributed by atoms with van der Waals surface area (Å²) >= 11 is 5.60. The Hall–Kier alpha value is -0.890. The Balaban J connectivity index is 3.19. The summed E-state index contributed by atoms with van der Waals surface area (Å²) in [5, 5.41) is 9.72. The summed E-state index contributed by atoms with van der Waals surface area (Å²) in [4.78, 5) is 13.2. The van der Waals surface area contributed by atoms with Crippen LogP contribution in [0.3, 0.4) is 0 Å². The lowest BCUT2D eigenvalue weighted by Gasteiger charge is -2.37. The van der Waals surface area contributed by atoms with Crippen LogP contribution in [0.4, 0.5) is 0 Å². The molecule has 0 aromatic carbocycles. The quantitative estimate of drug-likeness (QED) is 0.768. The monoisotopic (exact) mass is 308 g/mol. The van der Waals surface area contributed by atoms with E-state index in [2.05, 4.69) is 9.71 Å². The minimum atomic E-state index is -3.90. The summed E-state index contributed by atoms with van der Waals surface area (Å²) in [5.74, 6) is 0. The molecule has 19 heavy (non-hydrogen) atoms. The first-order chi connectivity index (χ1) is 8.37. The van der Waals surface area contributed by atoms with Crippen molar-refractivity contribution in [3.8, 4) is 0 Å². The molecule has 6 nitrogen and oxygen atoms in total. The third-order valence-electron chi connectivity index (χ3n) is 3.06. The van der Waals surface area contributed by atoms with Gasteiger partial charge in [-0.2, -0.15) is 0 Å². The maximum Gasteiger partial charge on any atom is 0.266 e. The Labute approximate surface area is 116 Å². The van der Waals surface area contributed by atoms with E-state index in [4.69, 9.17) is 11.6 Å². The first kappa shape index (κ1) is 16.2. The number of hydrogen-bond donors (Lipinski definition) is 3. The van der Waals surface area contributed by atoms with Crippen LogP contribution in [-0.4, -0.2) is 29.6 Å². The van der Waals surface area contributed by atoms with E-state index >= 15 is 0 Å². The van der Waals surface area contributed by atoms with Gasteiger partial charge in [-0.15, -0.1) is 0 Å². The van der Waals surface area contributed by atoms with Gasteiger partial charge in [0.25, 0.3) is 5.56 Å². The lowest BCUT2D eigenvalue weighted by molar-refractivity contribution is 0.00638. The molecule has 0 fully saturated rings. The molecular weight excluding hydrogens is 292 g/mol. The van der Waals surface area contributed by atoms with Gasteiger partial charge >= 0.3 is 0 Å². The SMILES string of the molecule is CC(C)(O)C(C)(C)NS(=O)(=O)c1c[nH]c(=O)c(Cl)c1. The lowest BCUT2D eigenvalue weighted by Crippen LogP contribution is -2.57. The lowest BCUT2D eigenvalue weighted by atomic mass is 9.87. The van der Waals surface area contributed by atoms with E-state index in [0.29, 0.717) is 0 Å². The molecule has 0 aliphatic carbocycles. The molecule has 0 amide bonds. The van der Waals surface area contributed by atoms with Crippen LogP contribution in [0.2, 0.25) is 5.02 Å². The third kappa shape index (κ3) is 3.56. The van der Waals surface area contributed by atoms with E-state index in [0.717, 1.165) is 12.3 Å². The van der Waals surface area contributed by atoms with Crippen LogP contribution in [0.25, 0.3) is 0 Å². The van der Waals surface area contributed by atoms with Crippen LogP contribution in [0.1, 0.15) is 27.7 Å². The molecule has 0 aliphatic rings. The van der Waals surface area contributed by atoms with Gasteiger partial charge in [0, 0.05) is 6.20 Å². The minimum Gasteiger partial charge on any atom is -0.389 e. The van der Waals surface area contributed by atoms with E-state index in [1.165, 1.54) is 13.8 Å². The van der Waals surface area contributed by atoms with Crippen LogP contribution < -0.4 is 10.3 Å². The summed E-state index contributed by atoms with van der Waals surface area (Å²) in [6, 6.07) is 1.06. The van der Waals surface area contributed by atoms with Gasteiger partial charge in [-0.1, -0.05) is 11.6 Å². The molecule has 1 aromatic heterocycles. The predicted molar refractivity (Wildman–Crippen MR) is 72.8 cm³/mol. The average Bonchev–Trinajstić information content (AvgIpc) is 2.18. The zero-order valence-corrected chi connectivity index (χ0v) is 12.7. The number of aliphatic hydroxyl groups is 1. The highest BCUT2D eigenvalue weighted by atomic mass is 35.5. The number of hydrogen-bond acceptors (Lipinski definition) is 4. The highest BCUT2D eigenvalue weighted by Crippen LogP contribution is 2.23. The van der Waals surface area contributed by atoms with Crippen LogP contribution in [0.5, 0.6) is 0 Å². The third-order valence-corrected chi connectivity index (χ3v) is 4.98. The highest BCUT2D eigenvalue weighted by molar-refractivity contribution is 7.89. The summed E-state index contributed by atoms with van der Waals surface area (Å²) in [6.45, 7) is 6.10. The molecule has 0 saturated heterocycles. The smallest absolute Gasteiger partial charge is 0.266 e. The van der Waals surface area contributed by atoms with Crippen molar-refractivity contribution in [1.82, 2.24) is 9.71 Å². The molecule has 1 heterocycles. The second kappa shape index (κ2) is 4.90. The normalized spacial score (nSPS) is 13.6. The Kier molecular flexibility index (Phi) is 4.17. The van der Waals surface area contributed by atoms with Gasteiger partial charge in [0.2, 0.25) is 10.0 Å². The summed E-state index contributed by atoms with van der Waals surface area (Å²) in [5.41, 5.74) is -2.94. The zero-order chi connectivity index (χ0) is 15.1. The molecule has 0 aliphatic heterocycles. The van der Waals surface area contributed by atoms with E-state index in [-0.39, 0.29) is 9.92 Å². The van der Waals surface area contributed by atoms with Gasteiger partial charge in [0.05, 0.1) is 16.0 Å². The average molecular weight is 309 g/mol. The van der Waals surface area contributed by atoms with Crippen LogP contribution in [-0.2, 0) is 10.0 Å². The fourth-order valence-electron chi connectivity index (χ4n) is 1.11. The molecule has 0 unspecified atom stereocenters. The van der Waals surface area contributed by atoms with Crippen LogP contribution in [0, 0.1) is 0 Å². The topological polar surface area (TPSA) is 99.3 Å². The number of aromatic amines is 1. The van der Waals surface area contributed by atoms with Gasteiger partial charge in [0.15, 0.2) is 0 Å². The Morgan fingerprint density at radius 2 is 1.84 bits per heavy atom. The molecule has 0 atom stereocenters. The first-order valence-corrected chi connectivity index (χ1v) is 7.37. The van der Waals surface area contributed by atoms with Crippen molar-refractivity contribution in [3.05, 3.63) is 27.6 Å². The molecule has 1 rings (SSSR count). The van der Waals surface area contributed by atoms with Crippen molar-refractivity contribution >= 4 is 21.6 Å². The number of H-pyrrole nitrogens is 1. The van der Waals surface area contributed by atoms with E-state index < -0.39 is 26.7 Å². The standard InChI is InChI=1S/C11H17ClN2O4S/c1-10(2,11(3,4)16)14-19(17,18)7-5-8(12)9(15)13-6-7/h5-6,14,16H,1-4H3,(H,13,15). The number of aromatic nitrogens is 1. The number of sulfonamides is 1. The van der Waals surface area contributed by atoms with E-state index in [9.17, 15) is 18.3 Å². The Bertz CT molecular complexity index is 629. The second-order valence-electron chi connectivity index (χ2n) is 5.30. The number of nitrogens with one attached hydrogen (secondary N) is 2. The maximum absolute atomic E-state index is 12.2. The van der Waals surface area contributed by atoms with Crippen molar-refractivity contribution < 1.29 is 13.5 Å². The summed E-state index contributed by atoms with van der Waals surface area (Å²) in [6.07, 6.45) is 1.05. The molecule has 1 aromatic rings. The molecule has 0 saturated carbocycles. The van der Waals surface area contributed by atoms with E-state index in [1.54, 1.807) is 13.8 Å². The fourth-order valence-corrected chi connectivity index (χ4v) is 2.88. The number of halogens is 1. The molecule has 0 radical (unpaired) electrons. The number of rotatable bonds is 4. The van der Waals surface area contributed by atoms with Crippen LogP contribution >= 0.6 is 11.6 Å². The number of pyridine rings is 1. The molecule has 108 valence electrons. The maximum atomic E-state index is 12.2. The van der Waals surface area contributed by atoms with Crippen molar-refractivity contribution in [3.63, 3.8) is 0 Å². The minimum absolute atomic E-state index is 0.172. The Morgan fingerprint density at radius 3 is 2.26 bits per heavy atom. The van der Waals surface area contributed by atoms with Gasteiger partial charge in [-0.25, -0.2) is 13.1 Å². The highest BCUT2D eigenvalue weighted by Gasteiger charge is 2.38. The largest absolute Gasteiger partial charge is 0.389 e. The molecule has 3 N–H and O–H groups in total. The van der Waals surface area contributed by atoms with Gasteiger partial charge in [0.1, 0.15) is 5.02 Å². The molecule has 8 heteroatoms. The van der Waals surface area contributed by atoms with E-state index in [1.807, 2.05) is 0 Å². The zero-order valence-electron chi connectivity index (χ0n) is 11.1. The van der Waals surface area contributed by atoms with Crippen molar-refractivity contribution in [2.24, 2.45) is 0 Å². The van der Waals surface area contributed by atoms with Crippen molar-refractivity contribution in [2.75, 3.05) is 0 Å². The van der Waals surface area contributed by atoms with Gasteiger partial charge in [-0.05, 0) is 33.8 Å². The summed E-state index contributed by atoms with van der Waals surface area (Å²) < 4.78 is 26.7. The first-order valence-electron chi connectivity index (χ1n) is 5.51. The van der Waals surface area contributed by atoms with Crippen molar-refractivity contribution in [1.29, 1.82) is 0 Å². The molecular formula is C11H17ClN2O4S. The van der Waals surface area contributed by atoms with Gasteiger partial charge in [-0.3, -0.25) is 4.79 Å². The molecule has 0 spiro atoms. The summed E-state index contributed by atoms with van der Waals surface area (Å²) in [7, 11) is -3.90. The van der Waals surface area contributed by atoms with Crippen LogP contribution in [0.15, 0.2) is 22.0 Å². The fraction of sp³-hybridized carbons (Fsp3) is 0.545. The van der Waals surface area contributed by atoms with Gasteiger partial charge < -0.3 is 10.1 Å². The molecule has 0 bridgehead atoms. The van der Waals surface area contributed by atoms with Crippen molar-refractivity contribution in [2.45, 2.75) is 43.7 Å². The Morgan fingerprint density at radius 1 is 1.32 bits per heavy atom.